The number of carbonyl (C=O) groups excluding carboxylic acids is 2. The molecule has 58 heavy (non-hydrogen) atoms. The lowest BCUT2D eigenvalue weighted by atomic mass is 10.0. The summed E-state index contributed by atoms with van der Waals surface area (Å²) in [6, 6.07) is -0.611. The lowest BCUT2D eigenvalue weighted by Gasteiger charge is -2.31. The van der Waals surface area contributed by atoms with Gasteiger partial charge >= 0.3 is 17.9 Å². The van der Waals surface area contributed by atoms with Crippen molar-refractivity contribution in [1.82, 2.24) is 0 Å². The van der Waals surface area contributed by atoms with Crippen LogP contribution in [0.3, 0.4) is 0 Å². The Morgan fingerprint density at radius 1 is 0.500 bits per heavy atom. The highest BCUT2D eigenvalue weighted by molar-refractivity contribution is 5.72. The number of rotatable bonds is 45. The Labute approximate surface area is 359 Å². The van der Waals surface area contributed by atoms with E-state index in [0.717, 1.165) is 44.9 Å². The number of unbranched alkanes of at least 4 members (excludes halogenated alkanes) is 29. The van der Waals surface area contributed by atoms with Crippen molar-refractivity contribution in [3.8, 4) is 0 Å². The Morgan fingerprint density at radius 2 is 0.862 bits per heavy atom. The molecule has 0 aromatic carbocycles. The van der Waals surface area contributed by atoms with E-state index in [0.29, 0.717) is 19.3 Å². The van der Waals surface area contributed by atoms with E-state index in [2.05, 4.69) is 26.0 Å². The van der Waals surface area contributed by atoms with E-state index in [1.54, 1.807) is 0 Å². The molecule has 0 saturated carbocycles. The summed E-state index contributed by atoms with van der Waals surface area (Å²) < 4.78 is 17.3. The van der Waals surface area contributed by atoms with Crippen LogP contribution in [0.1, 0.15) is 239 Å². The van der Waals surface area contributed by atoms with Crippen LogP contribution in [0.4, 0.5) is 0 Å². The molecule has 8 nitrogen and oxygen atoms in total. The normalized spacial score (nSPS) is 12.9. The van der Waals surface area contributed by atoms with Crippen LogP contribution in [0.5, 0.6) is 0 Å². The van der Waals surface area contributed by atoms with Crippen molar-refractivity contribution in [2.75, 3.05) is 41.0 Å². The summed E-state index contributed by atoms with van der Waals surface area (Å²) >= 11 is 0. The standard InChI is InChI=1S/C50H95NO7/c1-6-8-10-12-14-16-18-20-21-22-23-24-25-26-27-28-29-31-33-35-37-39-41-49(53)58-46(44-56-43-42-47(50(54)55)51(3,4)5)45-57-48(52)40-38-36-34-32-30-19-17-15-13-11-9-7-2/h15,17,46-47H,6-14,16,18-45H2,1-5H3/p+1/b17-15+. The van der Waals surface area contributed by atoms with E-state index in [1.165, 1.54) is 161 Å². The number of carboxylic acids is 1. The maximum absolute atomic E-state index is 12.8. The van der Waals surface area contributed by atoms with Crippen molar-refractivity contribution >= 4 is 17.9 Å². The van der Waals surface area contributed by atoms with Crippen LogP contribution in [-0.2, 0) is 28.6 Å². The highest BCUT2D eigenvalue weighted by Crippen LogP contribution is 2.17. The summed E-state index contributed by atoms with van der Waals surface area (Å²) in [6.45, 7) is 4.74. The van der Waals surface area contributed by atoms with Crippen molar-refractivity contribution in [3.63, 3.8) is 0 Å². The Bertz CT molecular complexity index is 962. The summed E-state index contributed by atoms with van der Waals surface area (Å²) in [6.07, 6.45) is 45.5. The quantitative estimate of drug-likeness (QED) is 0.0283. The molecule has 0 rings (SSSR count). The third-order valence-corrected chi connectivity index (χ3v) is 11.4. The lowest BCUT2D eigenvalue weighted by Crippen LogP contribution is -2.50. The number of carboxylic acid groups (broad SMARTS) is 1. The minimum atomic E-state index is -0.872. The SMILES string of the molecule is CCCCC/C=C/CCCCCCCC(=O)OCC(COCCC(C(=O)O)[N+](C)(C)C)OC(=O)CCCCCCCCCCCCCCCCCCCCCCCC. The van der Waals surface area contributed by atoms with E-state index in [4.69, 9.17) is 14.2 Å². The number of likely N-dealkylation sites (N-methyl/N-ethyl adjacent to an activating group) is 1. The fourth-order valence-corrected chi connectivity index (χ4v) is 7.56. The number of aliphatic carboxylic acids is 1. The van der Waals surface area contributed by atoms with E-state index >= 15 is 0 Å². The smallest absolute Gasteiger partial charge is 0.362 e. The molecule has 0 radical (unpaired) electrons. The zero-order valence-electron chi connectivity index (χ0n) is 39.0. The number of carbonyl (C=O) groups is 3. The molecule has 0 fully saturated rings. The number of ether oxygens (including phenoxy) is 3. The van der Waals surface area contributed by atoms with Crippen LogP contribution in [0.15, 0.2) is 12.2 Å². The van der Waals surface area contributed by atoms with Gasteiger partial charge in [-0.2, -0.15) is 0 Å². The zero-order valence-corrected chi connectivity index (χ0v) is 39.0. The summed E-state index contributed by atoms with van der Waals surface area (Å²) in [4.78, 5) is 37.0. The van der Waals surface area contributed by atoms with Gasteiger partial charge < -0.3 is 23.8 Å². The number of esters is 2. The Balaban J connectivity index is 4.17. The first kappa shape index (κ1) is 56.1. The molecule has 0 aliphatic rings. The highest BCUT2D eigenvalue weighted by atomic mass is 16.6. The van der Waals surface area contributed by atoms with E-state index in [1.807, 2.05) is 21.1 Å². The second kappa shape index (κ2) is 41.8. The van der Waals surface area contributed by atoms with Crippen molar-refractivity contribution in [1.29, 1.82) is 0 Å². The molecule has 0 bridgehead atoms. The van der Waals surface area contributed by atoms with Gasteiger partial charge in [-0.3, -0.25) is 9.59 Å². The summed E-state index contributed by atoms with van der Waals surface area (Å²) in [5.74, 6) is -1.46. The topological polar surface area (TPSA) is 99.1 Å². The maximum Gasteiger partial charge on any atom is 0.362 e. The fourth-order valence-electron chi connectivity index (χ4n) is 7.56. The first-order valence-corrected chi connectivity index (χ1v) is 24.7. The molecule has 0 aromatic heterocycles. The third-order valence-electron chi connectivity index (χ3n) is 11.4. The summed E-state index contributed by atoms with van der Waals surface area (Å²) in [5, 5.41) is 9.63. The number of hydrogen-bond acceptors (Lipinski definition) is 6. The second-order valence-electron chi connectivity index (χ2n) is 18.1. The molecule has 0 aliphatic heterocycles. The predicted octanol–water partition coefficient (Wildman–Crippen LogP) is 13.9. The number of hydrogen-bond donors (Lipinski definition) is 1. The predicted molar refractivity (Wildman–Crippen MR) is 243 cm³/mol. The van der Waals surface area contributed by atoms with Crippen molar-refractivity contribution in [3.05, 3.63) is 12.2 Å². The summed E-state index contributed by atoms with van der Waals surface area (Å²) in [7, 11) is 5.54. The molecular formula is C50H96NO7+. The maximum atomic E-state index is 12.8. The van der Waals surface area contributed by atoms with Crippen LogP contribution in [0.2, 0.25) is 0 Å². The van der Waals surface area contributed by atoms with Crippen molar-refractivity contribution in [2.45, 2.75) is 251 Å². The number of quaternary nitrogens is 1. The van der Waals surface area contributed by atoms with Gasteiger partial charge in [0, 0.05) is 19.3 Å². The van der Waals surface area contributed by atoms with E-state index in [-0.39, 0.29) is 36.2 Å². The van der Waals surface area contributed by atoms with Gasteiger partial charge in [0.05, 0.1) is 34.4 Å². The first-order chi connectivity index (χ1) is 28.1. The molecule has 8 heteroatoms. The fraction of sp³-hybridized carbons (Fsp3) is 0.900. The monoisotopic (exact) mass is 823 g/mol. The molecule has 0 heterocycles. The van der Waals surface area contributed by atoms with E-state index in [9.17, 15) is 19.5 Å². The third kappa shape index (κ3) is 39.5. The van der Waals surface area contributed by atoms with E-state index < -0.39 is 18.1 Å². The minimum Gasteiger partial charge on any atom is -0.477 e. The molecule has 2 unspecified atom stereocenters. The molecule has 0 spiro atoms. The first-order valence-electron chi connectivity index (χ1n) is 24.7. The van der Waals surface area contributed by atoms with Crippen molar-refractivity contribution in [2.24, 2.45) is 0 Å². The zero-order chi connectivity index (χ0) is 42.8. The van der Waals surface area contributed by atoms with Gasteiger partial charge in [-0.25, -0.2) is 4.79 Å². The van der Waals surface area contributed by atoms with Gasteiger partial charge in [0.15, 0.2) is 12.1 Å². The van der Waals surface area contributed by atoms with Crippen molar-refractivity contribution < 1.29 is 38.2 Å². The number of allylic oxidation sites excluding steroid dienone is 2. The Kier molecular flexibility index (Phi) is 40.4. The molecular weight excluding hydrogens is 727 g/mol. The molecule has 0 aliphatic carbocycles. The second-order valence-corrected chi connectivity index (χ2v) is 18.1. The van der Waals surface area contributed by atoms with Crippen LogP contribution in [-0.4, -0.2) is 80.6 Å². The Morgan fingerprint density at radius 3 is 1.28 bits per heavy atom. The largest absolute Gasteiger partial charge is 0.477 e. The minimum absolute atomic E-state index is 0.0494. The van der Waals surface area contributed by atoms with Gasteiger partial charge in [-0.15, -0.1) is 0 Å². The van der Waals surface area contributed by atoms with Gasteiger partial charge in [-0.1, -0.05) is 193 Å². The Hall–Kier alpha value is -1.93. The molecule has 1 N–H and O–H groups in total. The van der Waals surface area contributed by atoms with Gasteiger partial charge in [0.1, 0.15) is 6.61 Å². The average Bonchev–Trinajstić information content (AvgIpc) is 3.18. The van der Waals surface area contributed by atoms with Crippen LogP contribution < -0.4 is 0 Å². The molecule has 2 atom stereocenters. The molecule has 342 valence electrons. The number of nitrogens with zero attached hydrogens (tertiary/aromatic N) is 1. The van der Waals surface area contributed by atoms with Crippen LogP contribution >= 0.6 is 0 Å². The molecule has 0 aromatic rings. The van der Waals surface area contributed by atoms with Crippen LogP contribution in [0, 0.1) is 0 Å². The van der Waals surface area contributed by atoms with Gasteiger partial charge in [-0.05, 0) is 38.5 Å². The molecule has 0 saturated heterocycles. The van der Waals surface area contributed by atoms with Crippen LogP contribution in [0.25, 0.3) is 0 Å². The summed E-state index contributed by atoms with van der Waals surface area (Å²) in [5.41, 5.74) is 0. The van der Waals surface area contributed by atoms with Gasteiger partial charge in [0.25, 0.3) is 0 Å². The van der Waals surface area contributed by atoms with Gasteiger partial charge in [0.2, 0.25) is 0 Å². The lowest BCUT2D eigenvalue weighted by molar-refractivity contribution is -0.887. The average molecular weight is 823 g/mol. The highest BCUT2D eigenvalue weighted by Gasteiger charge is 2.31. The molecule has 0 amide bonds.